The zero-order valence-corrected chi connectivity index (χ0v) is 13.0. The van der Waals surface area contributed by atoms with Crippen LogP contribution in [0.15, 0.2) is 22.7 Å². The number of amides is 1. The van der Waals surface area contributed by atoms with E-state index in [4.69, 9.17) is 0 Å². The molecule has 1 heterocycles. The number of halogens is 2. The lowest BCUT2D eigenvalue weighted by atomic mass is 10.1. The summed E-state index contributed by atoms with van der Waals surface area (Å²) >= 11 is 3.47. The molecule has 18 heavy (non-hydrogen) atoms. The molecule has 0 aromatic heterocycles. The molecule has 1 N–H and O–H groups in total. The molecule has 1 saturated heterocycles. The Morgan fingerprint density at radius 2 is 2.22 bits per heavy atom. The van der Waals surface area contributed by atoms with Crippen LogP contribution in [0.1, 0.15) is 22.8 Å². The van der Waals surface area contributed by atoms with E-state index in [-0.39, 0.29) is 24.4 Å². The predicted molar refractivity (Wildman–Crippen MR) is 79.5 cm³/mol. The number of carbonyl (C=O) groups excluding carboxylic acids is 1. The summed E-state index contributed by atoms with van der Waals surface area (Å²) in [6.45, 7) is 6.59. The summed E-state index contributed by atoms with van der Waals surface area (Å²) in [6, 6.07) is 6.04. The molecule has 1 aliphatic rings. The Kier molecular flexibility index (Phi) is 5.63. The van der Waals surface area contributed by atoms with Crippen molar-refractivity contribution in [2.24, 2.45) is 0 Å². The van der Waals surface area contributed by atoms with Gasteiger partial charge in [-0.1, -0.05) is 22.0 Å². The highest BCUT2D eigenvalue weighted by Gasteiger charge is 2.25. The second-order valence-electron chi connectivity index (χ2n) is 4.46. The number of benzene rings is 1. The molecule has 3 nitrogen and oxygen atoms in total. The van der Waals surface area contributed by atoms with Crippen molar-refractivity contribution in [3.05, 3.63) is 33.8 Å². The molecule has 0 unspecified atom stereocenters. The molecule has 1 aliphatic heterocycles. The minimum Gasteiger partial charge on any atom is -0.333 e. The summed E-state index contributed by atoms with van der Waals surface area (Å²) in [5, 5.41) is 3.29. The highest BCUT2D eigenvalue weighted by Crippen LogP contribution is 2.21. The summed E-state index contributed by atoms with van der Waals surface area (Å²) in [7, 11) is 0. The molecule has 0 radical (unpaired) electrons. The van der Waals surface area contributed by atoms with Gasteiger partial charge in [0.05, 0.1) is 0 Å². The van der Waals surface area contributed by atoms with Crippen LogP contribution < -0.4 is 5.32 Å². The maximum Gasteiger partial charge on any atom is 0.254 e. The maximum absolute atomic E-state index is 12.5. The fraction of sp³-hybridized carbons (Fsp3) is 0.462. The van der Waals surface area contributed by atoms with E-state index in [2.05, 4.69) is 28.2 Å². The Morgan fingerprint density at radius 1 is 1.50 bits per heavy atom. The predicted octanol–water partition coefficient (Wildman–Crippen LogP) is 2.61. The smallest absolute Gasteiger partial charge is 0.254 e. The Labute approximate surface area is 122 Å². The standard InChI is InChI=1S/C13H17BrN2O.ClH/c1-9-8-15-6-7-16(9)13(17)11-4-3-5-12(14)10(11)2;/h3-5,9,15H,6-8H2,1-2H3;1H/t9-;/m0./s1. The van der Waals surface area contributed by atoms with E-state index >= 15 is 0 Å². The van der Waals surface area contributed by atoms with Gasteiger partial charge in [-0.05, 0) is 31.5 Å². The number of carbonyl (C=O) groups is 1. The van der Waals surface area contributed by atoms with Crippen molar-refractivity contribution >= 4 is 34.2 Å². The highest BCUT2D eigenvalue weighted by molar-refractivity contribution is 9.10. The van der Waals surface area contributed by atoms with Crippen LogP contribution in [0.2, 0.25) is 0 Å². The second-order valence-corrected chi connectivity index (χ2v) is 5.32. The number of piperazine rings is 1. The van der Waals surface area contributed by atoms with Crippen molar-refractivity contribution in [2.75, 3.05) is 19.6 Å². The van der Waals surface area contributed by atoms with Gasteiger partial charge in [0.15, 0.2) is 0 Å². The third-order valence-electron chi connectivity index (χ3n) is 3.26. The molecule has 0 spiro atoms. The van der Waals surface area contributed by atoms with Crippen molar-refractivity contribution < 1.29 is 4.79 Å². The zero-order chi connectivity index (χ0) is 12.4. The first-order valence-corrected chi connectivity index (χ1v) is 6.67. The monoisotopic (exact) mass is 332 g/mol. The van der Waals surface area contributed by atoms with Crippen molar-refractivity contribution in [3.8, 4) is 0 Å². The van der Waals surface area contributed by atoms with Gasteiger partial charge in [-0.25, -0.2) is 0 Å². The molecule has 1 aromatic rings. The van der Waals surface area contributed by atoms with Crippen LogP contribution in [0.3, 0.4) is 0 Å². The second kappa shape index (κ2) is 6.55. The first kappa shape index (κ1) is 15.5. The third kappa shape index (κ3) is 3.05. The molecule has 2 rings (SSSR count). The van der Waals surface area contributed by atoms with Gasteiger partial charge in [0.25, 0.3) is 5.91 Å². The summed E-state index contributed by atoms with van der Waals surface area (Å²) in [5.74, 6) is 0.137. The van der Waals surface area contributed by atoms with E-state index < -0.39 is 0 Å². The minimum atomic E-state index is 0. The van der Waals surface area contributed by atoms with Gasteiger partial charge in [0, 0.05) is 35.7 Å². The maximum atomic E-state index is 12.5. The summed E-state index contributed by atoms with van der Waals surface area (Å²) in [5.41, 5.74) is 1.82. The van der Waals surface area contributed by atoms with Gasteiger partial charge < -0.3 is 10.2 Å². The Bertz CT molecular complexity index is 439. The third-order valence-corrected chi connectivity index (χ3v) is 4.12. The zero-order valence-electron chi connectivity index (χ0n) is 10.6. The average molecular weight is 334 g/mol. The molecule has 1 atom stereocenters. The molecule has 1 fully saturated rings. The normalized spacial score (nSPS) is 19.3. The fourth-order valence-corrected chi connectivity index (χ4v) is 2.50. The number of hydrogen-bond acceptors (Lipinski definition) is 2. The van der Waals surface area contributed by atoms with Crippen LogP contribution in [0.25, 0.3) is 0 Å². The molecular weight excluding hydrogens is 316 g/mol. The Balaban J connectivity index is 0.00000162. The molecular formula is C13H18BrClN2O. The van der Waals surface area contributed by atoms with Crippen molar-refractivity contribution in [2.45, 2.75) is 19.9 Å². The molecule has 0 aliphatic carbocycles. The number of nitrogens with zero attached hydrogens (tertiary/aromatic N) is 1. The first-order chi connectivity index (χ1) is 8.11. The summed E-state index contributed by atoms with van der Waals surface area (Å²) in [4.78, 5) is 14.4. The Morgan fingerprint density at radius 3 is 2.89 bits per heavy atom. The van der Waals surface area contributed by atoms with Gasteiger partial charge in [-0.15, -0.1) is 12.4 Å². The molecule has 0 saturated carbocycles. The summed E-state index contributed by atoms with van der Waals surface area (Å²) < 4.78 is 0.992. The van der Waals surface area contributed by atoms with Crippen molar-refractivity contribution in [1.29, 1.82) is 0 Å². The van der Waals surface area contributed by atoms with E-state index in [0.29, 0.717) is 0 Å². The van der Waals surface area contributed by atoms with Crippen molar-refractivity contribution in [3.63, 3.8) is 0 Å². The minimum absolute atomic E-state index is 0. The fourth-order valence-electron chi connectivity index (χ4n) is 2.14. The van der Waals surface area contributed by atoms with Crippen LogP contribution in [-0.4, -0.2) is 36.5 Å². The van der Waals surface area contributed by atoms with E-state index in [0.717, 1.165) is 35.2 Å². The van der Waals surface area contributed by atoms with Crippen LogP contribution in [-0.2, 0) is 0 Å². The molecule has 100 valence electrons. The van der Waals surface area contributed by atoms with Gasteiger partial charge in [0.2, 0.25) is 0 Å². The van der Waals surface area contributed by atoms with Crippen LogP contribution in [0, 0.1) is 6.92 Å². The van der Waals surface area contributed by atoms with E-state index in [1.807, 2.05) is 30.0 Å². The SMILES string of the molecule is Cc1c(Br)cccc1C(=O)N1CCNC[C@@H]1C.Cl. The van der Waals surface area contributed by atoms with E-state index in [1.54, 1.807) is 0 Å². The highest BCUT2D eigenvalue weighted by atomic mass is 79.9. The van der Waals surface area contributed by atoms with Gasteiger partial charge in [-0.2, -0.15) is 0 Å². The lowest BCUT2D eigenvalue weighted by Crippen LogP contribution is -2.52. The average Bonchev–Trinajstić information content (AvgIpc) is 2.32. The largest absolute Gasteiger partial charge is 0.333 e. The molecule has 1 amide bonds. The Hall–Kier alpha value is -0.580. The van der Waals surface area contributed by atoms with Crippen LogP contribution in [0.4, 0.5) is 0 Å². The number of nitrogens with one attached hydrogen (secondary N) is 1. The molecule has 5 heteroatoms. The topological polar surface area (TPSA) is 32.3 Å². The summed E-state index contributed by atoms with van der Waals surface area (Å²) in [6.07, 6.45) is 0. The van der Waals surface area contributed by atoms with E-state index in [9.17, 15) is 4.79 Å². The number of rotatable bonds is 1. The van der Waals surface area contributed by atoms with E-state index in [1.165, 1.54) is 0 Å². The molecule has 0 bridgehead atoms. The molecule has 1 aromatic carbocycles. The first-order valence-electron chi connectivity index (χ1n) is 5.88. The van der Waals surface area contributed by atoms with Crippen LogP contribution >= 0.6 is 28.3 Å². The lowest BCUT2D eigenvalue weighted by molar-refractivity contribution is 0.0655. The van der Waals surface area contributed by atoms with Gasteiger partial charge in [0.1, 0.15) is 0 Å². The number of hydrogen-bond donors (Lipinski definition) is 1. The van der Waals surface area contributed by atoms with Crippen molar-refractivity contribution in [1.82, 2.24) is 10.2 Å². The van der Waals surface area contributed by atoms with Gasteiger partial charge in [-0.3, -0.25) is 4.79 Å². The quantitative estimate of drug-likeness (QED) is 0.857. The van der Waals surface area contributed by atoms with Crippen LogP contribution in [0.5, 0.6) is 0 Å². The van der Waals surface area contributed by atoms with Gasteiger partial charge >= 0.3 is 0 Å². The lowest BCUT2D eigenvalue weighted by Gasteiger charge is -2.34.